The van der Waals surface area contributed by atoms with Crippen molar-refractivity contribution in [3.63, 3.8) is 0 Å². The van der Waals surface area contributed by atoms with E-state index in [-0.39, 0.29) is 24.2 Å². The number of amides is 1. The molecule has 0 saturated carbocycles. The van der Waals surface area contributed by atoms with Crippen LogP contribution >= 0.6 is 12.4 Å². The summed E-state index contributed by atoms with van der Waals surface area (Å²) in [5.74, 6) is 1.97. The number of carbonyl (C=O) groups is 1. The molecule has 0 radical (unpaired) electrons. The molecule has 0 spiro atoms. The lowest BCUT2D eigenvalue weighted by atomic mass is 9.91. The fourth-order valence-corrected chi connectivity index (χ4v) is 3.54. The van der Waals surface area contributed by atoms with Gasteiger partial charge in [0.05, 0.1) is 5.92 Å². The monoisotopic (exact) mass is 338 g/mol. The van der Waals surface area contributed by atoms with E-state index in [4.69, 9.17) is 4.74 Å². The summed E-state index contributed by atoms with van der Waals surface area (Å²) in [7, 11) is 2.00. The van der Waals surface area contributed by atoms with Crippen LogP contribution in [0.4, 0.5) is 0 Å². The number of ether oxygens (including phenoxy) is 1. The van der Waals surface area contributed by atoms with Crippen molar-refractivity contribution in [2.45, 2.75) is 25.7 Å². The zero-order chi connectivity index (χ0) is 15.4. The summed E-state index contributed by atoms with van der Waals surface area (Å²) in [5, 5.41) is 3.21. The van der Waals surface area contributed by atoms with Gasteiger partial charge in [-0.05, 0) is 56.8 Å². The molecule has 1 aromatic carbocycles. The molecule has 0 aromatic heterocycles. The molecule has 5 heteroatoms. The van der Waals surface area contributed by atoms with E-state index in [0.717, 1.165) is 56.1 Å². The lowest BCUT2D eigenvalue weighted by Gasteiger charge is -2.35. The second kappa shape index (κ2) is 8.55. The van der Waals surface area contributed by atoms with Crippen LogP contribution in [0.15, 0.2) is 24.3 Å². The molecule has 2 aliphatic rings. The van der Waals surface area contributed by atoms with Crippen LogP contribution in [0.5, 0.6) is 5.75 Å². The first-order chi connectivity index (χ1) is 10.8. The lowest BCUT2D eigenvalue weighted by molar-refractivity contribution is -0.138. The van der Waals surface area contributed by atoms with Crippen LogP contribution in [0.1, 0.15) is 24.8 Å². The predicted molar refractivity (Wildman–Crippen MR) is 94.2 cm³/mol. The molecule has 1 fully saturated rings. The highest BCUT2D eigenvalue weighted by Crippen LogP contribution is 2.29. The van der Waals surface area contributed by atoms with Crippen molar-refractivity contribution in [1.29, 1.82) is 0 Å². The number of nitrogens with one attached hydrogen (secondary N) is 1. The number of halogens is 1. The van der Waals surface area contributed by atoms with Crippen LogP contribution in [0.25, 0.3) is 0 Å². The van der Waals surface area contributed by atoms with Gasteiger partial charge in [-0.2, -0.15) is 0 Å². The van der Waals surface area contributed by atoms with E-state index < -0.39 is 0 Å². The van der Waals surface area contributed by atoms with Crippen molar-refractivity contribution in [3.8, 4) is 5.75 Å². The SMILES string of the molecule is CNCCC1CCN(C(=O)C2COc3ccccc3C2)CC1.Cl. The molecule has 0 bridgehead atoms. The quantitative estimate of drug-likeness (QED) is 0.917. The summed E-state index contributed by atoms with van der Waals surface area (Å²) >= 11 is 0. The second-order valence-corrected chi connectivity index (χ2v) is 6.48. The highest BCUT2D eigenvalue weighted by Gasteiger charge is 2.31. The fourth-order valence-electron chi connectivity index (χ4n) is 3.54. The Morgan fingerprint density at radius 3 is 2.78 bits per heavy atom. The van der Waals surface area contributed by atoms with Crippen LogP contribution in [-0.4, -0.2) is 44.1 Å². The Bertz CT molecular complexity index is 515. The minimum absolute atomic E-state index is 0. The Morgan fingerprint density at radius 2 is 2.04 bits per heavy atom. The summed E-state index contributed by atoms with van der Waals surface area (Å²) in [6, 6.07) is 8.06. The second-order valence-electron chi connectivity index (χ2n) is 6.48. The minimum atomic E-state index is -0.0104. The van der Waals surface area contributed by atoms with Crippen molar-refractivity contribution in [3.05, 3.63) is 29.8 Å². The number of likely N-dealkylation sites (tertiary alicyclic amines) is 1. The van der Waals surface area contributed by atoms with E-state index in [1.165, 1.54) is 6.42 Å². The maximum absolute atomic E-state index is 12.7. The van der Waals surface area contributed by atoms with Gasteiger partial charge in [-0.15, -0.1) is 12.4 Å². The number of para-hydroxylation sites is 1. The van der Waals surface area contributed by atoms with Crippen LogP contribution < -0.4 is 10.1 Å². The number of hydrogen-bond acceptors (Lipinski definition) is 3. The molecule has 23 heavy (non-hydrogen) atoms. The van der Waals surface area contributed by atoms with Gasteiger partial charge in [0.15, 0.2) is 0 Å². The number of rotatable bonds is 4. The first-order valence-electron chi connectivity index (χ1n) is 8.42. The van der Waals surface area contributed by atoms with Crippen molar-refractivity contribution < 1.29 is 9.53 Å². The number of carbonyl (C=O) groups excluding carboxylic acids is 1. The molecule has 4 nitrogen and oxygen atoms in total. The first-order valence-corrected chi connectivity index (χ1v) is 8.42. The lowest BCUT2D eigenvalue weighted by Crippen LogP contribution is -2.45. The smallest absolute Gasteiger partial charge is 0.229 e. The third-order valence-electron chi connectivity index (χ3n) is 4.96. The van der Waals surface area contributed by atoms with E-state index in [0.29, 0.717) is 6.61 Å². The molecule has 1 saturated heterocycles. The molecule has 1 amide bonds. The number of hydrogen-bond donors (Lipinski definition) is 1. The summed E-state index contributed by atoms with van der Waals surface area (Å²) in [6.07, 6.45) is 4.31. The van der Waals surface area contributed by atoms with E-state index in [2.05, 4.69) is 16.3 Å². The van der Waals surface area contributed by atoms with Crippen molar-refractivity contribution in [1.82, 2.24) is 10.2 Å². The summed E-state index contributed by atoms with van der Waals surface area (Å²) in [6.45, 7) is 3.41. The molecular formula is C18H27ClN2O2. The third-order valence-corrected chi connectivity index (χ3v) is 4.96. The average molecular weight is 339 g/mol. The van der Waals surface area contributed by atoms with Crippen molar-refractivity contribution in [2.75, 3.05) is 33.3 Å². The Morgan fingerprint density at radius 1 is 1.30 bits per heavy atom. The van der Waals surface area contributed by atoms with E-state index in [1.54, 1.807) is 0 Å². The van der Waals surface area contributed by atoms with Gasteiger partial charge in [0.25, 0.3) is 0 Å². The van der Waals surface area contributed by atoms with E-state index >= 15 is 0 Å². The molecule has 0 aliphatic carbocycles. The van der Waals surface area contributed by atoms with Crippen molar-refractivity contribution >= 4 is 18.3 Å². The fraction of sp³-hybridized carbons (Fsp3) is 0.611. The van der Waals surface area contributed by atoms with Gasteiger partial charge in [-0.3, -0.25) is 4.79 Å². The zero-order valence-electron chi connectivity index (χ0n) is 13.8. The van der Waals surface area contributed by atoms with Crippen LogP contribution in [-0.2, 0) is 11.2 Å². The van der Waals surface area contributed by atoms with Gasteiger partial charge >= 0.3 is 0 Å². The zero-order valence-corrected chi connectivity index (χ0v) is 14.6. The number of piperidine rings is 1. The van der Waals surface area contributed by atoms with Gasteiger partial charge in [-0.1, -0.05) is 18.2 Å². The Hall–Kier alpha value is -1.26. The predicted octanol–water partition coefficient (Wildman–Crippen LogP) is 2.51. The largest absolute Gasteiger partial charge is 0.492 e. The molecule has 2 aliphatic heterocycles. The van der Waals surface area contributed by atoms with Crippen LogP contribution in [0.2, 0.25) is 0 Å². The molecule has 2 heterocycles. The maximum atomic E-state index is 12.7. The van der Waals surface area contributed by atoms with Crippen molar-refractivity contribution in [2.24, 2.45) is 11.8 Å². The molecular weight excluding hydrogens is 312 g/mol. The van der Waals surface area contributed by atoms with Gasteiger partial charge in [-0.25, -0.2) is 0 Å². The minimum Gasteiger partial charge on any atom is -0.492 e. The normalized spacial score (nSPS) is 21.1. The molecule has 1 atom stereocenters. The molecule has 3 rings (SSSR count). The topological polar surface area (TPSA) is 41.6 Å². The van der Waals surface area contributed by atoms with Crippen LogP contribution in [0.3, 0.4) is 0 Å². The average Bonchev–Trinajstić information content (AvgIpc) is 2.59. The molecule has 1 unspecified atom stereocenters. The third kappa shape index (κ3) is 4.39. The highest BCUT2D eigenvalue weighted by atomic mass is 35.5. The Balaban J connectivity index is 0.00000192. The summed E-state index contributed by atoms with van der Waals surface area (Å²) in [4.78, 5) is 14.8. The first kappa shape index (κ1) is 18.1. The van der Waals surface area contributed by atoms with Gasteiger partial charge in [0.1, 0.15) is 12.4 Å². The maximum Gasteiger partial charge on any atom is 0.229 e. The van der Waals surface area contributed by atoms with Crippen LogP contribution in [0, 0.1) is 11.8 Å². The Kier molecular flexibility index (Phi) is 6.72. The van der Waals surface area contributed by atoms with Gasteiger partial charge in [0.2, 0.25) is 5.91 Å². The van der Waals surface area contributed by atoms with E-state index in [9.17, 15) is 4.79 Å². The summed E-state index contributed by atoms with van der Waals surface area (Å²) in [5.41, 5.74) is 1.16. The van der Waals surface area contributed by atoms with Gasteiger partial charge < -0.3 is 15.0 Å². The Labute approximate surface area is 145 Å². The highest BCUT2D eigenvalue weighted by molar-refractivity contribution is 5.85. The number of benzene rings is 1. The molecule has 1 aromatic rings. The number of fused-ring (bicyclic) bond motifs is 1. The number of nitrogens with zero attached hydrogens (tertiary/aromatic N) is 1. The molecule has 128 valence electrons. The molecule has 1 N–H and O–H groups in total. The van der Waals surface area contributed by atoms with Gasteiger partial charge in [0, 0.05) is 13.1 Å². The summed E-state index contributed by atoms with van der Waals surface area (Å²) < 4.78 is 5.77. The van der Waals surface area contributed by atoms with E-state index in [1.807, 2.05) is 25.2 Å². The standard InChI is InChI=1S/C18H26N2O2.ClH/c1-19-9-6-14-7-10-20(11-8-14)18(21)16-12-15-4-2-3-5-17(15)22-13-16;/h2-5,14,16,19H,6-13H2,1H3;1H.